The number of nitrogens with zero attached hydrogens (tertiary/aromatic N) is 4. The van der Waals surface area contributed by atoms with Crippen molar-refractivity contribution in [3.63, 3.8) is 0 Å². The molecule has 0 bridgehead atoms. The molecule has 1 aromatic carbocycles. The molecule has 3 rings (SSSR count). The third kappa shape index (κ3) is 4.82. The molecule has 1 aliphatic rings. The van der Waals surface area contributed by atoms with Crippen LogP contribution in [0.1, 0.15) is 19.5 Å². The molecular formula is C19H28N6. The van der Waals surface area contributed by atoms with E-state index < -0.39 is 0 Å². The van der Waals surface area contributed by atoms with Gasteiger partial charge in [0.05, 0.1) is 0 Å². The van der Waals surface area contributed by atoms with Gasteiger partial charge in [0.25, 0.3) is 0 Å². The second-order valence-electron chi connectivity index (χ2n) is 6.98. The van der Waals surface area contributed by atoms with Crippen molar-refractivity contribution in [1.29, 1.82) is 0 Å². The number of anilines is 4. The van der Waals surface area contributed by atoms with Crippen LogP contribution in [0.4, 0.5) is 23.1 Å². The zero-order valence-corrected chi connectivity index (χ0v) is 15.6. The van der Waals surface area contributed by atoms with Crippen LogP contribution in [0.3, 0.4) is 0 Å². The normalized spacial score (nSPS) is 15.5. The first-order valence-corrected chi connectivity index (χ1v) is 8.92. The van der Waals surface area contributed by atoms with Crippen LogP contribution in [-0.4, -0.2) is 54.1 Å². The van der Waals surface area contributed by atoms with Crippen LogP contribution in [-0.2, 0) is 0 Å². The molecule has 25 heavy (non-hydrogen) atoms. The fraction of sp³-hybridized carbons (Fsp3) is 0.474. The molecule has 1 aliphatic heterocycles. The highest BCUT2D eigenvalue weighted by atomic mass is 15.2. The predicted molar refractivity (Wildman–Crippen MR) is 105 cm³/mol. The second kappa shape index (κ2) is 7.70. The first-order valence-electron chi connectivity index (χ1n) is 8.92. The van der Waals surface area contributed by atoms with Gasteiger partial charge in [-0.15, -0.1) is 0 Å². The van der Waals surface area contributed by atoms with Crippen molar-refractivity contribution >= 4 is 23.1 Å². The highest BCUT2D eigenvalue weighted by molar-refractivity contribution is 5.61. The van der Waals surface area contributed by atoms with E-state index >= 15 is 0 Å². The number of rotatable bonds is 5. The Hall–Kier alpha value is -2.34. The Morgan fingerprint density at radius 3 is 2.32 bits per heavy atom. The number of benzene rings is 1. The summed E-state index contributed by atoms with van der Waals surface area (Å²) < 4.78 is 0. The van der Waals surface area contributed by atoms with E-state index in [-0.39, 0.29) is 0 Å². The van der Waals surface area contributed by atoms with E-state index in [0.717, 1.165) is 43.4 Å². The van der Waals surface area contributed by atoms with Crippen molar-refractivity contribution in [2.75, 3.05) is 48.8 Å². The SMILES string of the molecule is Cc1cc(Nc2ccc(N3CCN(C)CC3)cc2)nc(NC(C)C)n1. The Balaban J connectivity index is 1.68. The van der Waals surface area contributed by atoms with Gasteiger partial charge in [0.1, 0.15) is 5.82 Å². The molecule has 0 spiro atoms. The Bertz CT molecular complexity index is 690. The molecular weight excluding hydrogens is 312 g/mol. The lowest BCUT2D eigenvalue weighted by Crippen LogP contribution is -2.44. The van der Waals surface area contributed by atoms with E-state index in [4.69, 9.17) is 0 Å². The van der Waals surface area contributed by atoms with Crippen LogP contribution in [0, 0.1) is 6.92 Å². The molecule has 1 saturated heterocycles. The molecule has 2 aromatic rings. The average molecular weight is 340 g/mol. The fourth-order valence-electron chi connectivity index (χ4n) is 2.92. The van der Waals surface area contributed by atoms with Crippen LogP contribution >= 0.6 is 0 Å². The molecule has 1 fully saturated rings. The van der Waals surface area contributed by atoms with Crippen LogP contribution in [0.5, 0.6) is 0 Å². The number of likely N-dealkylation sites (N-methyl/N-ethyl adjacent to an activating group) is 1. The maximum Gasteiger partial charge on any atom is 0.225 e. The molecule has 134 valence electrons. The van der Waals surface area contributed by atoms with Gasteiger partial charge in [0, 0.05) is 55.4 Å². The number of nitrogens with one attached hydrogen (secondary N) is 2. The summed E-state index contributed by atoms with van der Waals surface area (Å²) in [4.78, 5) is 13.8. The Morgan fingerprint density at radius 2 is 1.68 bits per heavy atom. The predicted octanol–water partition coefficient (Wildman–Crippen LogP) is 3.10. The first-order chi connectivity index (χ1) is 12.0. The summed E-state index contributed by atoms with van der Waals surface area (Å²) in [5.74, 6) is 1.47. The van der Waals surface area contributed by atoms with Crippen molar-refractivity contribution in [2.45, 2.75) is 26.8 Å². The van der Waals surface area contributed by atoms with Gasteiger partial charge >= 0.3 is 0 Å². The summed E-state index contributed by atoms with van der Waals surface area (Å²) in [5.41, 5.74) is 3.25. The molecule has 1 aromatic heterocycles. The Kier molecular flexibility index (Phi) is 5.38. The van der Waals surface area contributed by atoms with E-state index in [1.54, 1.807) is 0 Å². The lowest BCUT2D eigenvalue weighted by atomic mass is 10.2. The summed E-state index contributed by atoms with van der Waals surface area (Å²) in [6.07, 6.45) is 0. The summed E-state index contributed by atoms with van der Waals surface area (Å²) in [6.45, 7) is 10.5. The summed E-state index contributed by atoms with van der Waals surface area (Å²) in [7, 11) is 2.18. The minimum atomic E-state index is 0.303. The molecule has 6 heteroatoms. The fourth-order valence-corrected chi connectivity index (χ4v) is 2.92. The number of piperazine rings is 1. The molecule has 0 radical (unpaired) electrons. The lowest BCUT2D eigenvalue weighted by molar-refractivity contribution is 0.313. The molecule has 0 aliphatic carbocycles. The summed E-state index contributed by atoms with van der Waals surface area (Å²) in [5, 5.41) is 6.63. The van der Waals surface area contributed by atoms with E-state index in [9.17, 15) is 0 Å². The molecule has 0 amide bonds. The van der Waals surface area contributed by atoms with Gasteiger partial charge in [-0.3, -0.25) is 0 Å². The average Bonchev–Trinajstić information content (AvgIpc) is 2.55. The zero-order chi connectivity index (χ0) is 17.8. The molecule has 0 atom stereocenters. The van der Waals surface area contributed by atoms with E-state index in [1.807, 2.05) is 13.0 Å². The smallest absolute Gasteiger partial charge is 0.225 e. The monoisotopic (exact) mass is 340 g/mol. The highest BCUT2D eigenvalue weighted by Gasteiger charge is 2.14. The van der Waals surface area contributed by atoms with Crippen LogP contribution in [0.25, 0.3) is 0 Å². The van der Waals surface area contributed by atoms with Gasteiger partial charge in [0.2, 0.25) is 5.95 Å². The zero-order valence-electron chi connectivity index (χ0n) is 15.6. The number of hydrogen-bond donors (Lipinski definition) is 2. The van der Waals surface area contributed by atoms with Crippen LogP contribution < -0.4 is 15.5 Å². The number of aryl methyl sites for hydroxylation is 1. The largest absolute Gasteiger partial charge is 0.369 e. The van der Waals surface area contributed by atoms with E-state index in [0.29, 0.717) is 12.0 Å². The van der Waals surface area contributed by atoms with Gasteiger partial charge in [-0.25, -0.2) is 4.98 Å². The number of aromatic nitrogens is 2. The summed E-state index contributed by atoms with van der Waals surface area (Å²) >= 11 is 0. The van der Waals surface area contributed by atoms with E-state index in [2.05, 4.69) is 75.6 Å². The molecule has 2 N–H and O–H groups in total. The topological polar surface area (TPSA) is 56.3 Å². The van der Waals surface area contributed by atoms with Gasteiger partial charge < -0.3 is 20.4 Å². The molecule has 6 nitrogen and oxygen atoms in total. The third-order valence-electron chi connectivity index (χ3n) is 4.28. The molecule has 0 saturated carbocycles. The van der Waals surface area contributed by atoms with Crippen LogP contribution in [0.2, 0.25) is 0 Å². The first kappa shape index (κ1) is 17.5. The maximum atomic E-state index is 4.54. The van der Waals surface area contributed by atoms with Crippen molar-refractivity contribution in [3.8, 4) is 0 Å². The number of hydrogen-bond acceptors (Lipinski definition) is 6. The van der Waals surface area contributed by atoms with Crippen molar-refractivity contribution in [1.82, 2.24) is 14.9 Å². The second-order valence-corrected chi connectivity index (χ2v) is 6.98. The van der Waals surface area contributed by atoms with E-state index in [1.165, 1.54) is 5.69 Å². The lowest BCUT2D eigenvalue weighted by Gasteiger charge is -2.34. The van der Waals surface area contributed by atoms with Crippen LogP contribution in [0.15, 0.2) is 30.3 Å². The van der Waals surface area contributed by atoms with Crippen molar-refractivity contribution in [3.05, 3.63) is 36.0 Å². The maximum absolute atomic E-state index is 4.54. The standard InChI is InChI=1S/C19H28N6/c1-14(2)20-19-21-15(3)13-18(23-19)22-16-5-7-17(8-6-16)25-11-9-24(4)10-12-25/h5-8,13-14H,9-12H2,1-4H3,(H2,20,21,22,23). The van der Waals surface area contributed by atoms with Gasteiger partial charge in [-0.05, 0) is 52.1 Å². The van der Waals surface area contributed by atoms with Crippen molar-refractivity contribution in [2.24, 2.45) is 0 Å². The molecule has 0 unspecified atom stereocenters. The van der Waals surface area contributed by atoms with Gasteiger partial charge in [0.15, 0.2) is 0 Å². The third-order valence-corrected chi connectivity index (χ3v) is 4.28. The van der Waals surface area contributed by atoms with Gasteiger partial charge in [-0.1, -0.05) is 0 Å². The Labute approximate surface area is 150 Å². The molecule has 2 heterocycles. The minimum absolute atomic E-state index is 0.303. The quantitative estimate of drug-likeness (QED) is 0.872. The van der Waals surface area contributed by atoms with Crippen molar-refractivity contribution < 1.29 is 0 Å². The van der Waals surface area contributed by atoms with Gasteiger partial charge in [-0.2, -0.15) is 4.98 Å². The summed E-state index contributed by atoms with van der Waals surface area (Å²) in [6, 6.07) is 10.8. The minimum Gasteiger partial charge on any atom is -0.369 e. The highest BCUT2D eigenvalue weighted by Crippen LogP contribution is 2.22. The Morgan fingerprint density at radius 1 is 1.00 bits per heavy atom.